The second-order valence-corrected chi connectivity index (χ2v) is 3.22. The molecule has 1 aliphatic heterocycles. The second-order valence-electron chi connectivity index (χ2n) is 3.22. The molecule has 1 aromatic carbocycles. The van der Waals surface area contributed by atoms with Crippen LogP contribution in [0.25, 0.3) is 0 Å². The molecule has 0 spiro atoms. The predicted molar refractivity (Wildman–Crippen MR) is 48.8 cm³/mol. The molecular formula is C10H11NO2. The lowest BCUT2D eigenvalue weighted by atomic mass is 9.99. The van der Waals surface area contributed by atoms with E-state index in [2.05, 4.69) is 5.32 Å². The highest BCUT2D eigenvalue weighted by Crippen LogP contribution is 2.15. The molecule has 3 heteroatoms. The van der Waals surface area contributed by atoms with Crippen molar-refractivity contribution in [3.63, 3.8) is 0 Å². The molecule has 0 bridgehead atoms. The van der Waals surface area contributed by atoms with Gasteiger partial charge in [0.1, 0.15) is 0 Å². The Kier molecular flexibility index (Phi) is 2.02. The minimum atomic E-state index is -0.853. The number of carboxylic acids is 1. The van der Waals surface area contributed by atoms with E-state index in [1.807, 2.05) is 6.07 Å². The van der Waals surface area contributed by atoms with Gasteiger partial charge in [0, 0.05) is 6.54 Å². The van der Waals surface area contributed by atoms with Gasteiger partial charge in [0.25, 0.3) is 0 Å². The van der Waals surface area contributed by atoms with Crippen LogP contribution in [0.4, 0.5) is 0 Å². The van der Waals surface area contributed by atoms with Crippen LogP contribution in [-0.2, 0) is 13.0 Å². The van der Waals surface area contributed by atoms with E-state index in [1.165, 1.54) is 5.56 Å². The molecule has 0 saturated heterocycles. The lowest BCUT2D eigenvalue weighted by Crippen LogP contribution is -2.23. The number of carbonyl (C=O) groups is 1. The Morgan fingerprint density at radius 1 is 1.38 bits per heavy atom. The molecule has 1 heterocycles. The molecule has 2 N–H and O–H groups in total. The number of aromatic carboxylic acids is 1. The number of carboxylic acid groups (broad SMARTS) is 1. The molecule has 68 valence electrons. The van der Waals surface area contributed by atoms with Crippen molar-refractivity contribution in [1.29, 1.82) is 0 Å². The van der Waals surface area contributed by atoms with E-state index in [4.69, 9.17) is 5.11 Å². The third-order valence-electron chi connectivity index (χ3n) is 2.34. The van der Waals surface area contributed by atoms with Crippen molar-refractivity contribution in [3.8, 4) is 0 Å². The molecule has 1 aromatic rings. The van der Waals surface area contributed by atoms with Gasteiger partial charge in [-0.2, -0.15) is 0 Å². The minimum absolute atomic E-state index is 0.377. The van der Waals surface area contributed by atoms with E-state index in [0.29, 0.717) is 5.56 Å². The summed E-state index contributed by atoms with van der Waals surface area (Å²) < 4.78 is 0. The molecule has 1 aliphatic rings. The standard InChI is InChI=1S/C10H11NO2/c12-10(13)8-2-1-7-3-4-11-6-9(7)5-8/h1-2,5,11H,3-4,6H2,(H,12,13). The van der Waals surface area contributed by atoms with Crippen molar-refractivity contribution in [1.82, 2.24) is 5.32 Å². The van der Waals surface area contributed by atoms with Crippen LogP contribution >= 0.6 is 0 Å². The van der Waals surface area contributed by atoms with Crippen LogP contribution < -0.4 is 5.32 Å². The topological polar surface area (TPSA) is 49.3 Å². The summed E-state index contributed by atoms with van der Waals surface area (Å²) in [5, 5.41) is 12.0. The quantitative estimate of drug-likeness (QED) is 0.673. The summed E-state index contributed by atoms with van der Waals surface area (Å²) in [5.74, 6) is -0.853. The summed E-state index contributed by atoms with van der Waals surface area (Å²) in [6, 6.07) is 5.34. The second kappa shape index (κ2) is 3.18. The predicted octanol–water partition coefficient (Wildman–Crippen LogP) is 1.03. The monoisotopic (exact) mass is 177 g/mol. The van der Waals surface area contributed by atoms with Crippen LogP contribution in [-0.4, -0.2) is 17.6 Å². The smallest absolute Gasteiger partial charge is 0.335 e. The minimum Gasteiger partial charge on any atom is -0.478 e. The van der Waals surface area contributed by atoms with Crippen molar-refractivity contribution in [3.05, 3.63) is 34.9 Å². The van der Waals surface area contributed by atoms with E-state index < -0.39 is 5.97 Å². The molecule has 2 rings (SSSR count). The van der Waals surface area contributed by atoms with Crippen molar-refractivity contribution in [2.24, 2.45) is 0 Å². The molecule has 0 atom stereocenters. The number of rotatable bonds is 1. The van der Waals surface area contributed by atoms with Crippen LogP contribution in [0.2, 0.25) is 0 Å². The van der Waals surface area contributed by atoms with E-state index in [0.717, 1.165) is 25.1 Å². The van der Waals surface area contributed by atoms with Gasteiger partial charge in [0.2, 0.25) is 0 Å². The fraction of sp³-hybridized carbons (Fsp3) is 0.300. The van der Waals surface area contributed by atoms with Gasteiger partial charge < -0.3 is 10.4 Å². The molecule has 0 amide bonds. The summed E-state index contributed by atoms with van der Waals surface area (Å²) >= 11 is 0. The van der Waals surface area contributed by atoms with Gasteiger partial charge in [0.15, 0.2) is 0 Å². The first-order valence-electron chi connectivity index (χ1n) is 4.33. The highest BCUT2D eigenvalue weighted by Gasteiger charge is 2.10. The average molecular weight is 177 g/mol. The fourth-order valence-corrected chi connectivity index (χ4v) is 1.61. The number of fused-ring (bicyclic) bond motifs is 1. The largest absolute Gasteiger partial charge is 0.478 e. The molecule has 0 fully saturated rings. The van der Waals surface area contributed by atoms with Gasteiger partial charge in [-0.1, -0.05) is 6.07 Å². The average Bonchev–Trinajstić information content (AvgIpc) is 2.17. The molecule has 0 radical (unpaired) electrons. The first-order valence-corrected chi connectivity index (χ1v) is 4.33. The van der Waals surface area contributed by atoms with Crippen molar-refractivity contribution >= 4 is 5.97 Å². The van der Waals surface area contributed by atoms with Gasteiger partial charge in [-0.3, -0.25) is 0 Å². The van der Waals surface area contributed by atoms with Gasteiger partial charge in [-0.05, 0) is 36.2 Å². The van der Waals surface area contributed by atoms with Crippen molar-refractivity contribution < 1.29 is 9.90 Å². The van der Waals surface area contributed by atoms with Gasteiger partial charge >= 0.3 is 5.97 Å². The molecule has 3 nitrogen and oxygen atoms in total. The maximum Gasteiger partial charge on any atom is 0.335 e. The third kappa shape index (κ3) is 1.55. The first-order chi connectivity index (χ1) is 6.27. The van der Waals surface area contributed by atoms with Crippen LogP contribution in [0.1, 0.15) is 21.5 Å². The van der Waals surface area contributed by atoms with Gasteiger partial charge in [0.05, 0.1) is 5.56 Å². The van der Waals surface area contributed by atoms with Crippen molar-refractivity contribution in [2.75, 3.05) is 6.54 Å². The lowest BCUT2D eigenvalue weighted by molar-refractivity contribution is 0.0696. The lowest BCUT2D eigenvalue weighted by Gasteiger charge is -2.16. The van der Waals surface area contributed by atoms with Crippen LogP contribution in [0.3, 0.4) is 0 Å². The summed E-state index contributed by atoms with van der Waals surface area (Å²) in [4.78, 5) is 10.7. The highest BCUT2D eigenvalue weighted by molar-refractivity contribution is 5.87. The first kappa shape index (κ1) is 8.26. The third-order valence-corrected chi connectivity index (χ3v) is 2.34. The Hall–Kier alpha value is -1.35. The molecular weight excluding hydrogens is 166 g/mol. The SMILES string of the molecule is O=C(O)c1ccc2c(c1)CNCC2. The number of benzene rings is 1. The van der Waals surface area contributed by atoms with Crippen molar-refractivity contribution in [2.45, 2.75) is 13.0 Å². The zero-order valence-electron chi connectivity index (χ0n) is 7.21. The highest BCUT2D eigenvalue weighted by atomic mass is 16.4. The Morgan fingerprint density at radius 3 is 3.00 bits per heavy atom. The Balaban J connectivity index is 2.40. The van der Waals surface area contributed by atoms with Gasteiger partial charge in [-0.15, -0.1) is 0 Å². The van der Waals surface area contributed by atoms with Crippen LogP contribution in [0.5, 0.6) is 0 Å². The molecule has 0 saturated carbocycles. The van der Waals surface area contributed by atoms with E-state index in [1.54, 1.807) is 12.1 Å². The number of hydrogen-bond acceptors (Lipinski definition) is 2. The molecule has 0 aliphatic carbocycles. The Bertz CT molecular complexity index is 347. The van der Waals surface area contributed by atoms with E-state index in [9.17, 15) is 4.79 Å². The molecule has 13 heavy (non-hydrogen) atoms. The zero-order valence-corrected chi connectivity index (χ0v) is 7.21. The summed E-state index contributed by atoms with van der Waals surface area (Å²) in [6.45, 7) is 1.77. The van der Waals surface area contributed by atoms with E-state index >= 15 is 0 Å². The number of hydrogen-bond donors (Lipinski definition) is 2. The summed E-state index contributed by atoms with van der Waals surface area (Å²) in [5.41, 5.74) is 2.76. The number of nitrogens with one attached hydrogen (secondary N) is 1. The maximum absolute atomic E-state index is 10.7. The van der Waals surface area contributed by atoms with E-state index in [-0.39, 0.29) is 0 Å². The Morgan fingerprint density at radius 2 is 2.23 bits per heavy atom. The van der Waals surface area contributed by atoms with Crippen LogP contribution in [0.15, 0.2) is 18.2 Å². The maximum atomic E-state index is 10.7. The molecule has 0 unspecified atom stereocenters. The summed E-state index contributed by atoms with van der Waals surface area (Å²) in [7, 11) is 0. The normalized spacial score (nSPS) is 15.1. The Labute approximate surface area is 76.4 Å². The molecule has 0 aromatic heterocycles. The van der Waals surface area contributed by atoms with Crippen LogP contribution in [0, 0.1) is 0 Å². The van der Waals surface area contributed by atoms with Gasteiger partial charge in [-0.25, -0.2) is 4.79 Å². The summed E-state index contributed by atoms with van der Waals surface area (Å²) in [6.07, 6.45) is 0.995. The zero-order chi connectivity index (χ0) is 9.26. The fourth-order valence-electron chi connectivity index (χ4n) is 1.61.